The average Bonchev–Trinajstić information content (AvgIpc) is 2.91. The van der Waals surface area contributed by atoms with Crippen molar-refractivity contribution in [1.29, 1.82) is 0 Å². The van der Waals surface area contributed by atoms with Crippen LogP contribution in [-0.4, -0.2) is 93.1 Å². The Bertz CT molecular complexity index is 1070. The number of hydrogen-bond donors (Lipinski definition) is 2. The van der Waals surface area contributed by atoms with Crippen LogP contribution in [0.25, 0.3) is 0 Å². The first kappa shape index (κ1) is 26.3. The third kappa shape index (κ3) is 6.91. The Kier molecular flexibility index (Phi) is 8.84. The number of nitrogens with zero attached hydrogens (tertiary/aromatic N) is 3. The Labute approximate surface area is 217 Å². The molecular formula is C27H35N5O5. The van der Waals surface area contributed by atoms with E-state index in [4.69, 9.17) is 9.47 Å². The Balaban J connectivity index is 1.29. The maximum absolute atomic E-state index is 13.2. The fourth-order valence-electron chi connectivity index (χ4n) is 4.64. The molecule has 1 atom stereocenters. The van der Waals surface area contributed by atoms with Gasteiger partial charge in [-0.05, 0) is 55.5 Å². The third-order valence-electron chi connectivity index (χ3n) is 6.65. The highest BCUT2D eigenvalue weighted by Gasteiger charge is 2.35. The number of piperazine rings is 2. The summed E-state index contributed by atoms with van der Waals surface area (Å²) in [4.78, 5) is 44.5. The van der Waals surface area contributed by atoms with Crippen LogP contribution in [0, 0.1) is 0 Å². The molecule has 2 heterocycles. The topological polar surface area (TPSA) is 103 Å². The van der Waals surface area contributed by atoms with Crippen molar-refractivity contribution in [2.45, 2.75) is 19.4 Å². The van der Waals surface area contributed by atoms with Gasteiger partial charge in [-0.25, -0.2) is 0 Å². The molecule has 0 radical (unpaired) electrons. The SMILES string of the molecule is CCOc1ccc(NC(=O)C[C@H]2C(=O)NCCN2C(=O)CN2CCN(c3ccc(OC)cc3)CC2)cc1. The minimum Gasteiger partial charge on any atom is -0.497 e. The molecule has 2 fully saturated rings. The zero-order valence-electron chi connectivity index (χ0n) is 21.4. The van der Waals surface area contributed by atoms with Gasteiger partial charge in [-0.3, -0.25) is 19.3 Å². The summed E-state index contributed by atoms with van der Waals surface area (Å²) in [6, 6.07) is 14.2. The molecule has 10 heteroatoms. The minimum absolute atomic E-state index is 0.101. The van der Waals surface area contributed by atoms with Crippen molar-refractivity contribution < 1.29 is 23.9 Å². The predicted octanol–water partition coefficient (Wildman–Crippen LogP) is 1.57. The number of nitrogens with one attached hydrogen (secondary N) is 2. The van der Waals surface area contributed by atoms with Crippen molar-refractivity contribution >= 4 is 29.1 Å². The molecule has 0 bridgehead atoms. The van der Waals surface area contributed by atoms with Crippen molar-refractivity contribution in [2.24, 2.45) is 0 Å². The number of carbonyl (C=O) groups excluding carboxylic acids is 3. The van der Waals surface area contributed by atoms with Gasteiger partial charge in [-0.1, -0.05) is 0 Å². The van der Waals surface area contributed by atoms with Gasteiger partial charge in [0.2, 0.25) is 17.7 Å². The van der Waals surface area contributed by atoms with Crippen LogP contribution in [0.2, 0.25) is 0 Å². The number of rotatable bonds is 9. The van der Waals surface area contributed by atoms with Crippen LogP contribution in [0.3, 0.4) is 0 Å². The van der Waals surface area contributed by atoms with Gasteiger partial charge < -0.3 is 29.9 Å². The van der Waals surface area contributed by atoms with Gasteiger partial charge in [0.15, 0.2) is 0 Å². The molecule has 0 saturated carbocycles. The second-order valence-corrected chi connectivity index (χ2v) is 9.06. The summed E-state index contributed by atoms with van der Waals surface area (Å²) in [6.07, 6.45) is -0.101. The monoisotopic (exact) mass is 509 g/mol. The Hall–Kier alpha value is -3.79. The molecule has 2 N–H and O–H groups in total. The van der Waals surface area contributed by atoms with Crippen LogP contribution in [0.1, 0.15) is 13.3 Å². The molecule has 0 aliphatic carbocycles. The maximum atomic E-state index is 13.2. The summed E-state index contributed by atoms with van der Waals surface area (Å²) in [6.45, 7) is 6.53. The number of ether oxygens (including phenoxy) is 2. The van der Waals surface area contributed by atoms with Crippen LogP contribution in [-0.2, 0) is 14.4 Å². The lowest BCUT2D eigenvalue weighted by atomic mass is 10.1. The van der Waals surface area contributed by atoms with Gasteiger partial charge in [0.25, 0.3) is 0 Å². The second-order valence-electron chi connectivity index (χ2n) is 9.06. The van der Waals surface area contributed by atoms with E-state index in [1.165, 1.54) is 0 Å². The van der Waals surface area contributed by atoms with Gasteiger partial charge in [0.1, 0.15) is 17.5 Å². The van der Waals surface area contributed by atoms with E-state index in [0.717, 1.165) is 37.6 Å². The van der Waals surface area contributed by atoms with Crippen molar-refractivity contribution in [3.8, 4) is 11.5 Å². The summed E-state index contributed by atoms with van der Waals surface area (Å²) in [7, 11) is 1.65. The number of benzene rings is 2. The molecule has 0 spiro atoms. The van der Waals surface area contributed by atoms with E-state index in [-0.39, 0.29) is 30.7 Å². The molecule has 2 aliphatic heterocycles. The van der Waals surface area contributed by atoms with E-state index in [0.29, 0.717) is 31.1 Å². The van der Waals surface area contributed by atoms with Gasteiger partial charge in [-0.2, -0.15) is 0 Å². The first-order valence-electron chi connectivity index (χ1n) is 12.7. The molecule has 2 saturated heterocycles. The van der Waals surface area contributed by atoms with Gasteiger partial charge in [0, 0.05) is 50.6 Å². The van der Waals surface area contributed by atoms with E-state index >= 15 is 0 Å². The van der Waals surface area contributed by atoms with E-state index in [2.05, 4.69) is 20.4 Å². The summed E-state index contributed by atoms with van der Waals surface area (Å²) in [5.74, 6) is 0.782. The van der Waals surface area contributed by atoms with Crippen molar-refractivity contribution in [3.63, 3.8) is 0 Å². The fraction of sp³-hybridized carbons (Fsp3) is 0.444. The maximum Gasteiger partial charge on any atom is 0.243 e. The van der Waals surface area contributed by atoms with Crippen molar-refractivity contribution in [1.82, 2.24) is 15.1 Å². The normalized spacial score (nSPS) is 18.2. The lowest BCUT2D eigenvalue weighted by Gasteiger charge is -2.39. The average molecular weight is 510 g/mol. The van der Waals surface area contributed by atoms with Crippen molar-refractivity contribution in [3.05, 3.63) is 48.5 Å². The van der Waals surface area contributed by atoms with E-state index in [9.17, 15) is 14.4 Å². The lowest BCUT2D eigenvalue weighted by molar-refractivity contribution is -0.145. The van der Waals surface area contributed by atoms with Crippen molar-refractivity contribution in [2.75, 3.05) is 69.7 Å². The van der Waals surface area contributed by atoms with Gasteiger partial charge >= 0.3 is 0 Å². The standard InChI is InChI=1S/C27H35N5O5/c1-3-37-23-8-4-20(5-9-23)29-25(33)18-24-27(35)28-12-13-32(24)26(34)19-30-14-16-31(17-15-30)21-6-10-22(36-2)11-7-21/h4-11,24H,3,12-19H2,1-2H3,(H,28,35)(H,29,33)/t24-/m0/s1. The molecule has 2 aromatic carbocycles. The van der Waals surface area contributed by atoms with Gasteiger partial charge in [0.05, 0.1) is 26.7 Å². The van der Waals surface area contributed by atoms with E-state index in [1.807, 2.05) is 31.2 Å². The fourth-order valence-corrected chi connectivity index (χ4v) is 4.64. The van der Waals surface area contributed by atoms with Gasteiger partial charge in [-0.15, -0.1) is 0 Å². The molecule has 198 valence electrons. The highest BCUT2D eigenvalue weighted by Crippen LogP contribution is 2.21. The van der Waals surface area contributed by atoms with Crippen LogP contribution in [0.5, 0.6) is 11.5 Å². The number of amides is 3. The molecular weight excluding hydrogens is 474 g/mol. The summed E-state index contributed by atoms with van der Waals surface area (Å²) in [5.41, 5.74) is 1.73. The summed E-state index contributed by atoms with van der Waals surface area (Å²) in [5, 5.41) is 5.60. The first-order chi connectivity index (χ1) is 18.0. The van der Waals surface area contributed by atoms with Crippen LogP contribution < -0.4 is 25.0 Å². The zero-order valence-corrected chi connectivity index (χ0v) is 21.4. The zero-order chi connectivity index (χ0) is 26.2. The number of methoxy groups -OCH3 is 1. The van der Waals surface area contributed by atoms with E-state index < -0.39 is 6.04 Å². The third-order valence-corrected chi connectivity index (χ3v) is 6.65. The second kappa shape index (κ2) is 12.4. The predicted molar refractivity (Wildman–Crippen MR) is 141 cm³/mol. The molecule has 4 rings (SSSR count). The number of anilines is 2. The van der Waals surface area contributed by atoms with Crippen LogP contribution >= 0.6 is 0 Å². The lowest BCUT2D eigenvalue weighted by Crippen LogP contribution is -2.60. The Morgan fingerprint density at radius 1 is 0.973 bits per heavy atom. The van der Waals surface area contributed by atoms with Crippen LogP contribution in [0.15, 0.2) is 48.5 Å². The molecule has 2 aromatic rings. The summed E-state index contributed by atoms with van der Waals surface area (Å²) < 4.78 is 10.7. The smallest absolute Gasteiger partial charge is 0.243 e. The minimum atomic E-state index is -0.829. The Morgan fingerprint density at radius 2 is 1.65 bits per heavy atom. The molecule has 10 nitrogen and oxygen atoms in total. The number of carbonyl (C=O) groups is 3. The highest BCUT2D eigenvalue weighted by atomic mass is 16.5. The first-order valence-corrected chi connectivity index (χ1v) is 12.7. The molecule has 0 aromatic heterocycles. The molecule has 2 aliphatic rings. The quantitative estimate of drug-likeness (QED) is 0.529. The van der Waals surface area contributed by atoms with E-state index in [1.54, 1.807) is 36.3 Å². The molecule has 0 unspecified atom stereocenters. The Morgan fingerprint density at radius 3 is 2.30 bits per heavy atom. The van der Waals surface area contributed by atoms with Crippen LogP contribution in [0.4, 0.5) is 11.4 Å². The number of hydrogen-bond acceptors (Lipinski definition) is 7. The largest absolute Gasteiger partial charge is 0.497 e. The molecule has 37 heavy (non-hydrogen) atoms. The molecule has 3 amide bonds. The highest BCUT2D eigenvalue weighted by molar-refractivity contribution is 5.97. The summed E-state index contributed by atoms with van der Waals surface area (Å²) >= 11 is 0.